The van der Waals surface area contributed by atoms with Crippen LogP contribution in [0.15, 0.2) is 60.7 Å². The molecule has 0 aromatic heterocycles. The third-order valence-corrected chi connectivity index (χ3v) is 5.25. The minimum atomic E-state index is -0.251. The van der Waals surface area contributed by atoms with Gasteiger partial charge in [0.05, 0.1) is 25.0 Å². The van der Waals surface area contributed by atoms with Gasteiger partial charge in [-0.05, 0) is 30.4 Å². The van der Waals surface area contributed by atoms with Crippen molar-refractivity contribution in [3.05, 3.63) is 71.8 Å². The Morgan fingerprint density at radius 1 is 1.07 bits per heavy atom. The Morgan fingerprint density at radius 2 is 1.74 bits per heavy atom. The standard InChI is InChI=1S/C22H27N3O2/c23-22(27)19-12-7-13-25(15-19)16-21(26)24-20(18-10-5-2-6-11-18)14-17-8-3-1-4-9-17/h1-6,8-11,19-20H,7,12-16H2,(H2,23,27)(H,24,26)/p+1/t19-,20+/m0/s1. The van der Waals surface area contributed by atoms with E-state index in [0.717, 1.165) is 36.3 Å². The molecule has 1 heterocycles. The fourth-order valence-corrected chi connectivity index (χ4v) is 3.81. The van der Waals surface area contributed by atoms with Gasteiger partial charge in [0, 0.05) is 0 Å². The summed E-state index contributed by atoms with van der Waals surface area (Å²) in [5.41, 5.74) is 7.73. The van der Waals surface area contributed by atoms with E-state index in [1.807, 2.05) is 48.5 Å². The van der Waals surface area contributed by atoms with Crippen LogP contribution in [0, 0.1) is 5.92 Å². The molecule has 1 unspecified atom stereocenters. The van der Waals surface area contributed by atoms with E-state index in [9.17, 15) is 9.59 Å². The lowest BCUT2D eigenvalue weighted by atomic mass is 9.97. The van der Waals surface area contributed by atoms with Crippen molar-refractivity contribution in [2.24, 2.45) is 11.7 Å². The predicted octanol–water partition coefficient (Wildman–Crippen LogP) is 0.867. The number of primary amides is 1. The highest BCUT2D eigenvalue weighted by Crippen LogP contribution is 2.18. The number of hydrogen-bond acceptors (Lipinski definition) is 2. The van der Waals surface area contributed by atoms with Crippen molar-refractivity contribution in [3.8, 4) is 0 Å². The molecule has 2 aromatic carbocycles. The molecule has 5 heteroatoms. The van der Waals surface area contributed by atoms with Crippen molar-refractivity contribution >= 4 is 11.8 Å². The number of carbonyl (C=O) groups is 2. The molecule has 3 rings (SSSR count). The van der Waals surface area contributed by atoms with E-state index in [1.165, 1.54) is 5.56 Å². The monoisotopic (exact) mass is 366 g/mol. The van der Waals surface area contributed by atoms with Gasteiger partial charge >= 0.3 is 0 Å². The fraction of sp³-hybridized carbons (Fsp3) is 0.364. The Kier molecular flexibility index (Phi) is 6.60. The number of nitrogens with one attached hydrogen (secondary N) is 2. The second-order valence-electron chi connectivity index (χ2n) is 7.34. The van der Waals surface area contributed by atoms with E-state index in [0.29, 0.717) is 13.1 Å². The molecule has 1 fully saturated rings. The first-order valence-electron chi connectivity index (χ1n) is 9.63. The summed E-state index contributed by atoms with van der Waals surface area (Å²) in [6.07, 6.45) is 2.51. The number of benzene rings is 2. The molecule has 27 heavy (non-hydrogen) atoms. The third-order valence-electron chi connectivity index (χ3n) is 5.25. The summed E-state index contributed by atoms with van der Waals surface area (Å²) in [4.78, 5) is 25.3. The van der Waals surface area contributed by atoms with E-state index in [2.05, 4.69) is 17.4 Å². The maximum Gasteiger partial charge on any atom is 0.275 e. The quantitative estimate of drug-likeness (QED) is 0.680. The molecular formula is C22H28N3O2+. The van der Waals surface area contributed by atoms with E-state index in [4.69, 9.17) is 5.73 Å². The van der Waals surface area contributed by atoms with Gasteiger partial charge < -0.3 is 16.0 Å². The summed E-state index contributed by atoms with van der Waals surface area (Å²) >= 11 is 0. The van der Waals surface area contributed by atoms with Gasteiger partial charge in [-0.1, -0.05) is 60.7 Å². The van der Waals surface area contributed by atoms with Gasteiger partial charge in [-0.3, -0.25) is 9.59 Å². The van der Waals surface area contributed by atoms with Crippen LogP contribution in [0.25, 0.3) is 0 Å². The second-order valence-corrected chi connectivity index (χ2v) is 7.34. The van der Waals surface area contributed by atoms with Gasteiger partial charge in [0.2, 0.25) is 5.91 Å². The summed E-state index contributed by atoms with van der Waals surface area (Å²) in [5.74, 6) is -0.352. The average Bonchev–Trinajstić information content (AvgIpc) is 2.69. The lowest BCUT2D eigenvalue weighted by Crippen LogP contribution is -3.15. The number of amides is 2. The van der Waals surface area contributed by atoms with Gasteiger partial charge in [-0.15, -0.1) is 0 Å². The lowest BCUT2D eigenvalue weighted by molar-refractivity contribution is -0.899. The summed E-state index contributed by atoms with van der Waals surface area (Å²) in [6, 6.07) is 20.2. The van der Waals surface area contributed by atoms with Crippen LogP contribution in [-0.2, 0) is 16.0 Å². The first-order chi connectivity index (χ1) is 13.1. The van der Waals surface area contributed by atoms with Crippen molar-refractivity contribution in [2.75, 3.05) is 19.6 Å². The van der Waals surface area contributed by atoms with Crippen LogP contribution < -0.4 is 16.0 Å². The molecule has 0 aliphatic carbocycles. The molecule has 2 aromatic rings. The molecule has 142 valence electrons. The van der Waals surface area contributed by atoms with Crippen LogP contribution in [0.3, 0.4) is 0 Å². The van der Waals surface area contributed by atoms with Gasteiger partial charge in [0.15, 0.2) is 6.54 Å². The highest BCUT2D eigenvalue weighted by atomic mass is 16.2. The molecule has 0 radical (unpaired) electrons. The molecular weight excluding hydrogens is 338 g/mol. The highest BCUT2D eigenvalue weighted by molar-refractivity contribution is 5.78. The second kappa shape index (κ2) is 9.33. The van der Waals surface area contributed by atoms with Crippen molar-refractivity contribution in [1.29, 1.82) is 0 Å². The lowest BCUT2D eigenvalue weighted by Gasteiger charge is -2.28. The molecule has 1 saturated heterocycles. The molecule has 5 nitrogen and oxygen atoms in total. The minimum absolute atomic E-state index is 0.0138. The molecule has 0 spiro atoms. The first kappa shape index (κ1) is 19.1. The number of quaternary nitrogens is 1. The maximum absolute atomic E-state index is 12.7. The van der Waals surface area contributed by atoms with Crippen LogP contribution in [-0.4, -0.2) is 31.4 Å². The van der Waals surface area contributed by atoms with E-state index >= 15 is 0 Å². The Hall–Kier alpha value is -2.66. The van der Waals surface area contributed by atoms with Crippen LogP contribution >= 0.6 is 0 Å². The van der Waals surface area contributed by atoms with Crippen LogP contribution in [0.1, 0.15) is 30.0 Å². The Labute approximate surface area is 160 Å². The Balaban J connectivity index is 1.64. The van der Waals surface area contributed by atoms with Crippen molar-refractivity contribution in [3.63, 3.8) is 0 Å². The largest absolute Gasteiger partial charge is 0.369 e. The minimum Gasteiger partial charge on any atom is -0.369 e. The summed E-state index contributed by atoms with van der Waals surface area (Å²) < 4.78 is 0. The maximum atomic E-state index is 12.7. The zero-order chi connectivity index (χ0) is 19.1. The SMILES string of the molecule is NC(=O)[C@H]1CCC[NH+](CC(=O)N[C@H](Cc2ccccc2)c2ccccc2)C1. The van der Waals surface area contributed by atoms with Crippen LogP contribution in [0.5, 0.6) is 0 Å². The number of carbonyl (C=O) groups excluding carboxylic acids is 2. The van der Waals surface area contributed by atoms with E-state index in [-0.39, 0.29) is 23.8 Å². The molecule has 3 atom stereocenters. The molecule has 1 aliphatic heterocycles. The van der Waals surface area contributed by atoms with Gasteiger partial charge in [0.25, 0.3) is 5.91 Å². The zero-order valence-corrected chi connectivity index (χ0v) is 15.6. The van der Waals surface area contributed by atoms with Crippen molar-refractivity contribution in [1.82, 2.24) is 5.32 Å². The van der Waals surface area contributed by atoms with Crippen molar-refractivity contribution < 1.29 is 14.5 Å². The molecule has 0 bridgehead atoms. The van der Waals surface area contributed by atoms with E-state index < -0.39 is 0 Å². The Bertz CT molecular complexity index is 749. The zero-order valence-electron chi connectivity index (χ0n) is 15.6. The first-order valence-corrected chi connectivity index (χ1v) is 9.63. The van der Waals surface area contributed by atoms with E-state index in [1.54, 1.807) is 0 Å². The smallest absolute Gasteiger partial charge is 0.275 e. The molecule has 4 N–H and O–H groups in total. The number of piperidine rings is 1. The van der Waals surface area contributed by atoms with Crippen LogP contribution in [0.4, 0.5) is 0 Å². The van der Waals surface area contributed by atoms with Crippen molar-refractivity contribution in [2.45, 2.75) is 25.3 Å². The van der Waals surface area contributed by atoms with Gasteiger partial charge in [-0.25, -0.2) is 0 Å². The topological polar surface area (TPSA) is 76.6 Å². The molecule has 1 aliphatic rings. The predicted molar refractivity (Wildman–Crippen MR) is 105 cm³/mol. The summed E-state index contributed by atoms with van der Waals surface area (Å²) in [6.45, 7) is 1.94. The number of nitrogens with two attached hydrogens (primary N) is 1. The molecule has 2 amide bonds. The fourth-order valence-electron chi connectivity index (χ4n) is 3.81. The highest BCUT2D eigenvalue weighted by Gasteiger charge is 2.29. The number of rotatable bonds is 7. The normalized spacial score (nSPS) is 20.6. The number of hydrogen-bond donors (Lipinski definition) is 3. The summed E-state index contributed by atoms with van der Waals surface area (Å²) in [5, 5.41) is 3.20. The number of likely N-dealkylation sites (tertiary alicyclic amines) is 1. The van der Waals surface area contributed by atoms with Gasteiger partial charge in [-0.2, -0.15) is 0 Å². The average molecular weight is 366 g/mol. The third kappa shape index (κ3) is 5.66. The molecule has 0 saturated carbocycles. The van der Waals surface area contributed by atoms with Crippen LogP contribution in [0.2, 0.25) is 0 Å². The summed E-state index contributed by atoms with van der Waals surface area (Å²) in [7, 11) is 0. The van der Waals surface area contributed by atoms with Gasteiger partial charge in [0.1, 0.15) is 0 Å². The Morgan fingerprint density at radius 3 is 2.41 bits per heavy atom.